The van der Waals surface area contributed by atoms with Crippen molar-refractivity contribution in [1.82, 2.24) is 10.2 Å². The van der Waals surface area contributed by atoms with Crippen molar-refractivity contribution in [1.29, 1.82) is 0 Å². The maximum atomic E-state index is 3.46. The van der Waals surface area contributed by atoms with Gasteiger partial charge in [-0.3, -0.25) is 0 Å². The van der Waals surface area contributed by atoms with Gasteiger partial charge in [-0.25, -0.2) is 0 Å². The van der Waals surface area contributed by atoms with E-state index in [0.29, 0.717) is 0 Å². The average molecular weight is 168 g/mol. The Morgan fingerprint density at radius 1 is 1.25 bits per heavy atom. The van der Waals surface area contributed by atoms with Gasteiger partial charge in [-0.15, -0.1) is 0 Å². The second-order valence-corrected chi connectivity index (χ2v) is 4.28. The molecule has 70 valence electrons. The number of hydrogen-bond acceptors (Lipinski definition) is 2. The van der Waals surface area contributed by atoms with E-state index in [1.54, 1.807) is 0 Å². The van der Waals surface area contributed by atoms with Gasteiger partial charge in [-0.2, -0.15) is 0 Å². The monoisotopic (exact) mass is 168 g/mol. The summed E-state index contributed by atoms with van der Waals surface area (Å²) in [5.41, 5.74) is 0. The van der Waals surface area contributed by atoms with Crippen LogP contribution in [0.2, 0.25) is 0 Å². The van der Waals surface area contributed by atoms with Gasteiger partial charge in [0.1, 0.15) is 0 Å². The highest BCUT2D eigenvalue weighted by Crippen LogP contribution is 2.21. The fraction of sp³-hybridized carbons (Fsp3) is 1.00. The first-order chi connectivity index (χ1) is 5.88. The highest BCUT2D eigenvalue weighted by Gasteiger charge is 2.28. The van der Waals surface area contributed by atoms with E-state index >= 15 is 0 Å². The van der Waals surface area contributed by atoms with Gasteiger partial charge in [0.25, 0.3) is 0 Å². The third kappa shape index (κ3) is 1.64. The first-order valence-electron chi connectivity index (χ1n) is 5.32. The van der Waals surface area contributed by atoms with Crippen LogP contribution >= 0.6 is 0 Å². The molecule has 2 heterocycles. The first kappa shape index (κ1) is 8.52. The lowest BCUT2D eigenvalue weighted by molar-refractivity contribution is 0.148. The molecule has 2 aliphatic rings. The van der Waals surface area contributed by atoms with E-state index in [1.807, 2.05) is 0 Å². The second-order valence-electron chi connectivity index (χ2n) is 4.28. The quantitative estimate of drug-likeness (QED) is 0.630. The fourth-order valence-electron chi connectivity index (χ4n) is 2.62. The number of hydrogen-bond donors (Lipinski definition) is 1. The molecule has 0 aliphatic carbocycles. The van der Waals surface area contributed by atoms with Crippen molar-refractivity contribution in [2.24, 2.45) is 5.92 Å². The highest BCUT2D eigenvalue weighted by atomic mass is 15.2. The maximum Gasteiger partial charge on any atom is 0.0145 e. The van der Waals surface area contributed by atoms with Crippen molar-refractivity contribution in [2.45, 2.75) is 32.2 Å². The Morgan fingerprint density at radius 2 is 2.00 bits per heavy atom. The van der Waals surface area contributed by atoms with E-state index in [4.69, 9.17) is 0 Å². The number of nitrogens with one attached hydrogen (secondary N) is 1. The zero-order valence-electron chi connectivity index (χ0n) is 8.05. The summed E-state index contributed by atoms with van der Waals surface area (Å²) in [6.07, 6.45) is 4.22. The van der Waals surface area contributed by atoms with Crippen LogP contribution < -0.4 is 5.32 Å². The van der Waals surface area contributed by atoms with E-state index in [0.717, 1.165) is 12.0 Å². The Morgan fingerprint density at radius 3 is 2.67 bits per heavy atom. The molecule has 2 atom stereocenters. The summed E-state index contributed by atoms with van der Waals surface area (Å²) >= 11 is 0. The third-order valence-corrected chi connectivity index (χ3v) is 3.35. The Bertz CT molecular complexity index is 141. The van der Waals surface area contributed by atoms with E-state index in [9.17, 15) is 0 Å². The number of nitrogens with zero attached hydrogens (tertiary/aromatic N) is 1. The molecule has 0 aromatic carbocycles. The molecule has 2 saturated heterocycles. The third-order valence-electron chi connectivity index (χ3n) is 3.35. The Labute approximate surface area is 75.3 Å². The van der Waals surface area contributed by atoms with Crippen LogP contribution in [0.25, 0.3) is 0 Å². The molecule has 0 amide bonds. The molecular weight excluding hydrogens is 148 g/mol. The summed E-state index contributed by atoms with van der Waals surface area (Å²) in [7, 11) is 0. The normalized spacial score (nSPS) is 38.8. The van der Waals surface area contributed by atoms with E-state index in [2.05, 4.69) is 17.1 Å². The highest BCUT2D eigenvalue weighted by molar-refractivity contribution is 4.85. The van der Waals surface area contributed by atoms with Gasteiger partial charge in [0.05, 0.1) is 0 Å². The van der Waals surface area contributed by atoms with E-state index in [1.165, 1.54) is 45.4 Å². The molecule has 0 bridgehead atoms. The molecule has 0 saturated carbocycles. The molecule has 0 radical (unpaired) electrons. The largest absolute Gasteiger partial charge is 0.316 e. The van der Waals surface area contributed by atoms with Crippen LogP contribution in [0.3, 0.4) is 0 Å². The van der Waals surface area contributed by atoms with Crippen molar-refractivity contribution in [3.8, 4) is 0 Å². The summed E-state index contributed by atoms with van der Waals surface area (Å²) in [5, 5.41) is 3.46. The SMILES string of the molecule is C[C@@H]1CNCC[C@H]1N1CCCC1. The summed E-state index contributed by atoms with van der Waals surface area (Å²) in [6.45, 7) is 7.55. The molecule has 12 heavy (non-hydrogen) atoms. The topological polar surface area (TPSA) is 15.3 Å². The first-order valence-corrected chi connectivity index (χ1v) is 5.32. The van der Waals surface area contributed by atoms with Crippen molar-refractivity contribution in [3.05, 3.63) is 0 Å². The van der Waals surface area contributed by atoms with Crippen LogP contribution in [-0.2, 0) is 0 Å². The van der Waals surface area contributed by atoms with Crippen molar-refractivity contribution in [2.75, 3.05) is 26.2 Å². The van der Waals surface area contributed by atoms with E-state index < -0.39 is 0 Å². The van der Waals surface area contributed by atoms with Crippen LogP contribution in [0.4, 0.5) is 0 Å². The van der Waals surface area contributed by atoms with Gasteiger partial charge in [0.2, 0.25) is 0 Å². The maximum absolute atomic E-state index is 3.46. The summed E-state index contributed by atoms with van der Waals surface area (Å²) in [6, 6.07) is 0.883. The number of likely N-dealkylation sites (tertiary alicyclic amines) is 1. The Balaban J connectivity index is 1.91. The van der Waals surface area contributed by atoms with Gasteiger partial charge in [0, 0.05) is 6.04 Å². The Kier molecular flexibility index (Phi) is 2.66. The van der Waals surface area contributed by atoms with Crippen LogP contribution in [-0.4, -0.2) is 37.1 Å². The van der Waals surface area contributed by atoms with Gasteiger partial charge in [-0.05, 0) is 51.4 Å². The number of piperidine rings is 1. The van der Waals surface area contributed by atoms with E-state index in [-0.39, 0.29) is 0 Å². The van der Waals surface area contributed by atoms with Crippen LogP contribution in [0, 0.1) is 5.92 Å². The van der Waals surface area contributed by atoms with Gasteiger partial charge in [0.15, 0.2) is 0 Å². The Hall–Kier alpha value is -0.0800. The molecule has 0 aromatic heterocycles. The molecule has 0 aromatic rings. The summed E-state index contributed by atoms with van der Waals surface area (Å²) in [4.78, 5) is 2.70. The van der Waals surface area contributed by atoms with Gasteiger partial charge < -0.3 is 10.2 Å². The lowest BCUT2D eigenvalue weighted by Gasteiger charge is -2.36. The lowest BCUT2D eigenvalue weighted by atomic mass is 9.94. The average Bonchev–Trinajstić information content (AvgIpc) is 2.57. The van der Waals surface area contributed by atoms with Gasteiger partial charge >= 0.3 is 0 Å². The molecule has 2 aliphatic heterocycles. The van der Waals surface area contributed by atoms with Crippen LogP contribution in [0.15, 0.2) is 0 Å². The molecular formula is C10H20N2. The minimum atomic E-state index is 0.858. The van der Waals surface area contributed by atoms with Crippen molar-refractivity contribution >= 4 is 0 Å². The number of rotatable bonds is 1. The van der Waals surface area contributed by atoms with Crippen molar-refractivity contribution in [3.63, 3.8) is 0 Å². The molecule has 2 fully saturated rings. The van der Waals surface area contributed by atoms with Crippen LogP contribution in [0.1, 0.15) is 26.2 Å². The van der Waals surface area contributed by atoms with Crippen LogP contribution in [0.5, 0.6) is 0 Å². The minimum absolute atomic E-state index is 0.858. The smallest absolute Gasteiger partial charge is 0.0145 e. The minimum Gasteiger partial charge on any atom is -0.316 e. The predicted octanol–water partition coefficient (Wildman–Crippen LogP) is 1.08. The molecule has 0 spiro atoms. The molecule has 2 nitrogen and oxygen atoms in total. The zero-order chi connectivity index (χ0) is 8.39. The molecule has 1 N–H and O–H groups in total. The molecule has 0 unspecified atom stereocenters. The zero-order valence-corrected chi connectivity index (χ0v) is 8.05. The predicted molar refractivity (Wildman–Crippen MR) is 51.2 cm³/mol. The second kappa shape index (κ2) is 3.75. The summed E-state index contributed by atoms with van der Waals surface area (Å²) in [5.74, 6) is 0.858. The van der Waals surface area contributed by atoms with Gasteiger partial charge in [-0.1, -0.05) is 6.92 Å². The standard InChI is InChI=1S/C10H20N2/c1-9-8-11-5-4-10(9)12-6-2-3-7-12/h9-11H,2-8H2,1H3/t9-,10-/m1/s1. The fourth-order valence-corrected chi connectivity index (χ4v) is 2.62. The van der Waals surface area contributed by atoms with Crippen molar-refractivity contribution < 1.29 is 0 Å². The molecule has 2 rings (SSSR count). The molecule has 2 heteroatoms. The lowest BCUT2D eigenvalue weighted by Crippen LogP contribution is -2.47. The summed E-state index contributed by atoms with van der Waals surface area (Å²) < 4.78 is 0.